The molecular formula is C11H13BrO4. The number of hydrogen-bond donors (Lipinski definition) is 1. The molecule has 0 aliphatic rings. The summed E-state index contributed by atoms with van der Waals surface area (Å²) in [6.45, 7) is 0.386. The highest BCUT2D eigenvalue weighted by Crippen LogP contribution is 2.29. The summed E-state index contributed by atoms with van der Waals surface area (Å²) in [4.78, 5) is 10.3. The van der Waals surface area contributed by atoms with Crippen molar-refractivity contribution >= 4 is 21.9 Å². The maximum absolute atomic E-state index is 10.3. The Morgan fingerprint density at radius 1 is 1.50 bits per heavy atom. The first-order valence-electron chi connectivity index (χ1n) is 4.81. The van der Waals surface area contributed by atoms with Gasteiger partial charge in [-0.25, -0.2) is 0 Å². The summed E-state index contributed by atoms with van der Waals surface area (Å²) < 4.78 is 11.3. The molecular weight excluding hydrogens is 276 g/mol. The molecule has 5 heteroatoms. The molecule has 4 nitrogen and oxygen atoms in total. The second-order valence-electron chi connectivity index (χ2n) is 3.14. The highest BCUT2D eigenvalue weighted by Gasteiger charge is 2.03. The van der Waals surface area contributed by atoms with Crippen molar-refractivity contribution in [3.63, 3.8) is 0 Å². The van der Waals surface area contributed by atoms with Gasteiger partial charge >= 0.3 is 5.97 Å². The Kier molecular flexibility index (Phi) is 5.11. The quantitative estimate of drug-likeness (QED) is 0.818. The van der Waals surface area contributed by atoms with Gasteiger partial charge in [-0.15, -0.1) is 0 Å². The van der Waals surface area contributed by atoms with Gasteiger partial charge < -0.3 is 14.6 Å². The molecule has 0 aliphatic heterocycles. The summed E-state index contributed by atoms with van der Waals surface area (Å²) in [5.74, 6) is 0.619. The molecule has 1 aromatic carbocycles. The minimum absolute atomic E-state index is 0.119. The van der Waals surface area contributed by atoms with Crippen LogP contribution in [0.4, 0.5) is 0 Å². The van der Waals surface area contributed by atoms with Crippen molar-refractivity contribution in [3.8, 4) is 11.5 Å². The summed E-state index contributed by atoms with van der Waals surface area (Å²) in [7, 11) is 1.59. The molecule has 0 spiro atoms. The number of halogens is 1. The van der Waals surface area contributed by atoms with E-state index in [1.54, 1.807) is 25.3 Å². The van der Waals surface area contributed by atoms with E-state index in [1.165, 1.54) is 0 Å². The number of rotatable bonds is 6. The predicted octanol–water partition coefficient (Wildman–Crippen LogP) is 2.70. The van der Waals surface area contributed by atoms with Gasteiger partial charge in [0.1, 0.15) is 11.5 Å². The third-order valence-corrected chi connectivity index (χ3v) is 2.55. The van der Waals surface area contributed by atoms with Gasteiger partial charge in [-0.05, 0) is 40.5 Å². The number of aliphatic carboxylic acids is 1. The fourth-order valence-corrected chi connectivity index (χ4v) is 1.60. The van der Waals surface area contributed by atoms with Crippen LogP contribution in [0.15, 0.2) is 22.7 Å². The number of carboxylic acids is 1. The summed E-state index contributed by atoms with van der Waals surface area (Å²) in [6.07, 6.45) is 0.613. The Bertz CT molecular complexity index is 365. The largest absolute Gasteiger partial charge is 0.497 e. The molecule has 88 valence electrons. The molecule has 0 saturated heterocycles. The van der Waals surface area contributed by atoms with E-state index in [2.05, 4.69) is 15.9 Å². The molecule has 1 rings (SSSR count). The van der Waals surface area contributed by atoms with Crippen LogP contribution in [0.25, 0.3) is 0 Å². The van der Waals surface area contributed by atoms with E-state index in [4.69, 9.17) is 14.6 Å². The molecule has 1 aromatic rings. The van der Waals surface area contributed by atoms with Gasteiger partial charge in [0.25, 0.3) is 0 Å². The fourth-order valence-electron chi connectivity index (χ4n) is 1.13. The Labute approximate surface area is 102 Å². The average Bonchev–Trinajstić information content (AvgIpc) is 2.25. The van der Waals surface area contributed by atoms with Gasteiger partial charge in [0.2, 0.25) is 0 Å². The van der Waals surface area contributed by atoms with Crippen molar-refractivity contribution in [1.82, 2.24) is 0 Å². The second-order valence-corrected chi connectivity index (χ2v) is 4.00. The lowest BCUT2D eigenvalue weighted by Gasteiger charge is -2.08. The van der Waals surface area contributed by atoms with Crippen LogP contribution in [0.5, 0.6) is 11.5 Å². The van der Waals surface area contributed by atoms with E-state index in [0.29, 0.717) is 18.8 Å². The molecule has 16 heavy (non-hydrogen) atoms. The molecule has 0 fully saturated rings. The van der Waals surface area contributed by atoms with E-state index >= 15 is 0 Å². The van der Waals surface area contributed by atoms with Crippen LogP contribution in [0.3, 0.4) is 0 Å². The average molecular weight is 289 g/mol. The van der Waals surface area contributed by atoms with Crippen molar-refractivity contribution < 1.29 is 19.4 Å². The van der Waals surface area contributed by atoms with E-state index in [-0.39, 0.29) is 6.42 Å². The molecule has 1 N–H and O–H groups in total. The molecule has 0 saturated carbocycles. The van der Waals surface area contributed by atoms with Crippen LogP contribution in [0, 0.1) is 0 Å². The summed E-state index contributed by atoms with van der Waals surface area (Å²) >= 11 is 3.35. The molecule has 0 heterocycles. The maximum atomic E-state index is 10.3. The lowest BCUT2D eigenvalue weighted by atomic mass is 10.3. The van der Waals surface area contributed by atoms with Gasteiger partial charge in [-0.1, -0.05) is 0 Å². The number of benzene rings is 1. The normalized spacial score (nSPS) is 9.88. The van der Waals surface area contributed by atoms with Crippen LogP contribution >= 0.6 is 15.9 Å². The molecule has 0 unspecified atom stereocenters. The molecule has 0 radical (unpaired) electrons. The van der Waals surface area contributed by atoms with E-state index in [9.17, 15) is 4.79 Å². The van der Waals surface area contributed by atoms with Gasteiger partial charge in [0.05, 0.1) is 18.2 Å². The number of carboxylic acid groups (broad SMARTS) is 1. The smallest absolute Gasteiger partial charge is 0.303 e. The third kappa shape index (κ3) is 4.10. The lowest BCUT2D eigenvalue weighted by molar-refractivity contribution is -0.137. The predicted molar refractivity (Wildman–Crippen MR) is 63.1 cm³/mol. The Balaban J connectivity index is 2.45. The maximum Gasteiger partial charge on any atom is 0.303 e. The summed E-state index contributed by atoms with van der Waals surface area (Å²) in [5.41, 5.74) is 0. The Morgan fingerprint density at radius 3 is 2.81 bits per heavy atom. The highest BCUT2D eigenvalue weighted by atomic mass is 79.9. The minimum Gasteiger partial charge on any atom is -0.497 e. The van der Waals surface area contributed by atoms with E-state index in [0.717, 1.165) is 10.2 Å². The first kappa shape index (κ1) is 12.8. The highest BCUT2D eigenvalue weighted by molar-refractivity contribution is 9.10. The van der Waals surface area contributed by atoms with Crippen LogP contribution in [0.2, 0.25) is 0 Å². The monoisotopic (exact) mass is 288 g/mol. The molecule has 0 bridgehead atoms. The second kappa shape index (κ2) is 6.37. The van der Waals surface area contributed by atoms with Gasteiger partial charge in [-0.2, -0.15) is 0 Å². The standard InChI is InChI=1S/C11H13BrO4/c1-15-8-4-5-10(9(12)7-8)16-6-2-3-11(13)14/h4-5,7H,2-3,6H2,1H3,(H,13,14). The summed E-state index contributed by atoms with van der Waals surface area (Å²) in [6, 6.07) is 5.37. The van der Waals surface area contributed by atoms with Crippen LogP contribution in [-0.2, 0) is 4.79 Å². The molecule has 0 atom stereocenters. The molecule has 0 amide bonds. The zero-order chi connectivity index (χ0) is 12.0. The first-order chi connectivity index (χ1) is 7.63. The number of carbonyl (C=O) groups is 1. The van der Waals surface area contributed by atoms with E-state index in [1.807, 2.05) is 0 Å². The van der Waals surface area contributed by atoms with Crippen LogP contribution in [-0.4, -0.2) is 24.8 Å². The molecule has 0 aromatic heterocycles. The minimum atomic E-state index is -0.808. The topological polar surface area (TPSA) is 55.8 Å². The zero-order valence-electron chi connectivity index (χ0n) is 8.90. The lowest BCUT2D eigenvalue weighted by Crippen LogP contribution is -2.02. The van der Waals surface area contributed by atoms with Crippen LogP contribution in [0.1, 0.15) is 12.8 Å². The van der Waals surface area contributed by atoms with E-state index < -0.39 is 5.97 Å². The summed E-state index contributed by atoms with van der Waals surface area (Å²) in [5, 5.41) is 8.45. The number of ether oxygens (including phenoxy) is 2. The number of hydrogen-bond acceptors (Lipinski definition) is 3. The van der Waals surface area contributed by atoms with Gasteiger partial charge in [0.15, 0.2) is 0 Å². The third-order valence-electron chi connectivity index (χ3n) is 1.93. The van der Waals surface area contributed by atoms with Crippen molar-refractivity contribution in [2.45, 2.75) is 12.8 Å². The Morgan fingerprint density at radius 2 is 2.25 bits per heavy atom. The Hall–Kier alpha value is -1.23. The van der Waals surface area contributed by atoms with Gasteiger partial charge in [0, 0.05) is 6.42 Å². The van der Waals surface area contributed by atoms with Crippen molar-refractivity contribution in [2.24, 2.45) is 0 Å². The zero-order valence-corrected chi connectivity index (χ0v) is 10.5. The van der Waals surface area contributed by atoms with Crippen molar-refractivity contribution in [3.05, 3.63) is 22.7 Å². The SMILES string of the molecule is COc1ccc(OCCCC(=O)O)c(Br)c1. The van der Waals surface area contributed by atoms with Crippen LogP contribution < -0.4 is 9.47 Å². The first-order valence-corrected chi connectivity index (χ1v) is 5.61. The number of methoxy groups -OCH3 is 1. The fraction of sp³-hybridized carbons (Fsp3) is 0.364. The van der Waals surface area contributed by atoms with Gasteiger partial charge in [-0.3, -0.25) is 4.79 Å². The van der Waals surface area contributed by atoms with Crippen molar-refractivity contribution in [2.75, 3.05) is 13.7 Å². The van der Waals surface area contributed by atoms with Crippen molar-refractivity contribution in [1.29, 1.82) is 0 Å². The molecule has 0 aliphatic carbocycles.